The summed E-state index contributed by atoms with van der Waals surface area (Å²) in [5, 5.41) is 19.7. The number of carbonyl (C=O) groups is 2. The Labute approximate surface area is 116 Å². The monoisotopic (exact) mass is 281 g/mol. The molecular weight excluding hydrogens is 262 g/mol. The van der Waals surface area contributed by atoms with Crippen LogP contribution in [0.3, 0.4) is 0 Å². The summed E-state index contributed by atoms with van der Waals surface area (Å²) in [6, 6.07) is -0.370. The van der Waals surface area contributed by atoms with Crippen molar-refractivity contribution in [1.82, 2.24) is 25.0 Å². The van der Waals surface area contributed by atoms with E-state index in [1.54, 1.807) is 25.1 Å². The Balaban J connectivity index is 2.07. The lowest BCUT2D eigenvalue weighted by atomic mass is 9.93. The van der Waals surface area contributed by atoms with E-state index in [4.69, 9.17) is 0 Å². The second kappa shape index (κ2) is 5.48. The van der Waals surface area contributed by atoms with Crippen molar-refractivity contribution < 1.29 is 14.7 Å². The van der Waals surface area contributed by atoms with Gasteiger partial charge in [0.1, 0.15) is 11.9 Å². The van der Waals surface area contributed by atoms with E-state index in [9.17, 15) is 14.7 Å². The first-order valence-corrected chi connectivity index (χ1v) is 6.69. The van der Waals surface area contributed by atoms with Crippen molar-refractivity contribution in [2.75, 3.05) is 6.54 Å². The van der Waals surface area contributed by atoms with Gasteiger partial charge in [-0.15, -0.1) is 10.2 Å². The van der Waals surface area contributed by atoms with Gasteiger partial charge in [-0.1, -0.05) is 13.8 Å². The molecule has 2 amide bonds. The van der Waals surface area contributed by atoms with Gasteiger partial charge in [0.2, 0.25) is 0 Å². The fourth-order valence-electron chi connectivity index (χ4n) is 2.31. The van der Waals surface area contributed by atoms with Gasteiger partial charge in [0.25, 0.3) is 0 Å². The van der Waals surface area contributed by atoms with Gasteiger partial charge in [-0.25, -0.2) is 9.59 Å². The Morgan fingerprint density at radius 2 is 2.10 bits per heavy atom. The van der Waals surface area contributed by atoms with Crippen molar-refractivity contribution in [3.63, 3.8) is 0 Å². The van der Waals surface area contributed by atoms with E-state index in [1.165, 1.54) is 0 Å². The van der Waals surface area contributed by atoms with Crippen LogP contribution in [0.15, 0.2) is 6.33 Å². The van der Waals surface area contributed by atoms with Crippen LogP contribution in [0, 0.1) is 0 Å². The zero-order chi connectivity index (χ0) is 14.8. The number of rotatable bonds is 4. The average Bonchev–Trinajstić information content (AvgIpc) is 2.91. The molecule has 20 heavy (non-hydrogen) atoms. The molecule has 0 unspecified atom stereocenters. The van der Waals surface area contributed by atoms with Gasteiger partial charge in [0, 0.05) is 13.1 Å². The molecule has 2 heterocycles. The number of fused-ring (bicyclic) bond motifs is 1. The zero-order valence-corrected chi connectivity index (χ0v) is 11.7. The summed E-state index contributed by atoms with van der Waals surface area (Å²) in [5.74, 6) is -0.295. The van der Waals surface area contributed by atoms with Gasteiger partial charge in [-0.3, -0.25) is 0 Å². The Morgan fingerprint density at radius 3 is 2.70 bits per heavy atom. The molecule has 0 bridgehead atoms. The van der Waals surface area contributed by atoms with Crippen LogP contribution in [0.4, 0.5) is 4.79 Å². The third-order valence-electron chi connectivity index (χ3n) is 3.89. The summed E-state index contributed by atoms with van der Waals surface area (Å²) in [4.78, 5) is 25.2. The summed E-state index contributed by atoms with van der Waals surface area (Å²) < 4.78 is 1.88. The van der Waals surface area contributed by atoms with Crippen LogP contribution < -0.4 is 5.32 Å². The van der Waals surface area contributed by atoms with Gasteiger partial charge in [0.15, 0.2) is 5.82 Å². The first kappa shape index (κ1) is 14.3. The maximum Gasteiger partial charge on any atom is 0.329 e. The molecule has 8 heteroatoms. The smallest absolute Gasteiger partial charge is 0.329 e. The molecule has 1 aliphatic rings. The Kier molecular flexibility index (Phi) is 3.91. The van der Waals surface area contributed by atoms with Crippen molar-refractivity contribution in [1.29, 1.82) is 0 Å². The molecule has 2 N–H and O–H groups in total. The lowest BCUT2D eigenvalue weighted by Crippen LogP contribution is -2.58. The molecule has 0 radical (unpaired) electrons. The lowest BCUT2D eigenvalue weighted by molar-refractivity contribution is -0.144. The minimum Gasteiger partial charge on any atom is -0.480 e. The molecule has 8 nitrogen and oxygen atoms in total. The predicted octanol–water partition coefficient (Wildman–Crippen LogP) is 0.447. The third-order valence-corrected chi connectivity index (χ3v) is 3.89. The quantitative estimate of drug-likeness (QED) is 0.834. The van der Waals surface area contributed by atoms with Crippen LogP contribution >= 0.6 is 0 Å². The number of aliphatic carboxylic acids is 1. The second-order valence-electron chi connectivity index (χ2n) is 4.89. The number of urea groups is 1. The van der Waals surface area contributed by atoms with Gasteiger partial charge in [-0.2, -0.15) is 0 Å². The number of amides is 2. The average molecular weight is 281 g/mol. The van der Waals surface area contributed by atoms with Gasteiger partial charge >= 0.3 is 12.0 Å². The van der Waals surface area contributed by atoms with Crippen LogP contribution in [-0.2, 0) is 17.9 Å². The molecule has 110 valence electrons. The lowest BCUT2D eigenvalue weighted by Gasteiger charge is -2.33. The van der Waals surface area contributed by atoms with Gasteiger partial charge in [-0.05, 0) is 12.8 Å². The number of carboxylic acid groups (broad SMARTS) is 1. The van der Waals surface area contributed by atoms with Crippen molar-refractivity contribution in [2.24, 2.45) is 0 Å². The van der Waals surface area contributed by atoms with Crippen LogP contribution in [-0.4, -0.2) is 48.9 Å². The largest absolute Gasteiger partial charge is 0.480 e. The van der Waals surface area contributed by atoms with Crippen molar-refractivity contribution >= 4 is 12.0 Å². The Hall–Kier alpha value is -2.12. The number of nitrogens with one attached hydrogen (secondary N) is 1. The molecule has 0 aliphatic carbocycles. The second-order valence-corrected chi connectivity index (χ2v) is 4.89. The van der Waals surface area contributed by atoms with Crippen LogP contribution in [0.25, 0.3) is 0 Å². The number of hydrogen-bond acceptors (Lipinski definition) is 4. The first-order chi connectivity index (χ1) is 9.52. The number of carboxylic acids is 1. The van der Waals surface area contributed by atoms with E-state index in [1.807, 2.05) is 4.57 Å². The van der Waals surface area contributed by atoms with Crippen LogP contribution in [0.2, 0.25) is 0 Å². The highest BCUT2D eigenvalue weighted by Gasteiger charge is 2.38. The Bertz CT molecular complexity index is 509. The highest BCUT2D eigenvalue weighted by Crippen LogP contribution is 2.17. The SMILES string of the molecule is CCC(CC)(NC(=O)N1CCn2cnnc2C1)C(=O)O. The molecule has 0 saturated carbocycles. The van der Waals surface area contributed by atoms with Crippen molar-refractivity contribution in [3.05, 3.63) is 12.2 Å². The fourth-order valence-corrected chi connectivity index (χ4v) is 2.31. The molecule has 0 aromatic carbocycles. The summed E-state index contributed by atoms with van der Waals surface area (Å²) in [6.07, 6.45) is 2.31. The van der Waals surface area contributed by atoms with E-state index in [0.29, 0.717) is 38.3 Å². The third kappa shape index (κ3) is 2.45. The maximum absolute atomic E-state index is 12.3. The van der Waals surface area contributed by atoms with Crippen LogP contribution in [0.1, 0.15) is 32.5 Å². The molecule has 0 atom stereocenters. The normalized spacial score (nSPS) is 14.8. The molecule has 1 aromatic rings. The minimum atomic E-state index is -1.21. The molecule has 1 aliphatic heterocycles. The van der Waals surface area contributed by atoms with E-state index >= 15 is 0 Å². The van der Waals surface area contributed by atoms with Gasteiger partial charge < -0.3 is 19.9 Å². The molecule has 2 rings (SSSR count). The molecule has 0 spiro atoms. The number of hydrogen-bond donors (Lipinski definition) is 2. The number of carbonyl (C=O) groups excluding carboxylic acids is 1. The minimum absolute atomic E-state index is 0.342. The van der Waals surface area contributed by atoms with E-state index in [-0.39, 0.29) is 6.03 Å². The highest BCUT2D eigenvalue weighted by atomic mass is 16.4. The van der Waals surface area contributed by atoms with E-state index < -0.39 is 11.5 Å². The molecule has 0 saturated heterocycles. The number of aromatic nitrogens is 3. The van der Waals surface area contributed by atoms with E-state index in [0.717, 1.165) is 0 Å². The zero-order valence-electron chi connectivity index (χ0n) is 11.7. The molecular formula is C12H19N5O3. The van der Waals surface area contributed by atoms with E-state index in [2.05, 4.69) is 15.5 Å². The summed E-state index contributed by atoms with van der Waals surface area (Å²) in [5.41, 5.74) is -1.21. The number of nitrogens with zero attached hydrogens (tertiary/aromatic N) is 4. The van der Waals surface area contributed by atoms with Gasteiger partial charge in [0.05, 0.1) is 6.54 Å². The summed E-state index contributed by atoms with van der Waals surface area (Å²) in [7, 11) is 0. The fraction of sp³-hybridized carbons (Fsp3) is 0.667. The maximum atomic E-state index is 12.3. The Morgan fingerprint density at radius 1 is 1.40 bits per heavy atom. The topological polar surface area (TPSA) is 100 Å². The van der Waals surface area contributed by atoms with Crippen molar-refractivity contribution in [3.8, 4) is 0 Å². The predicted molar refractivity (Wildman–Crippen MR) is 69.9 cm³/mol. The molecule has 0 fully saturated rings. The van der Waals surface area contributed by atoms with Crippen molar-refractivity contribution in [2.45, 2.75) is 45.3 Å². The first-order valence-electron chi connectivity index (χ1n) is 6.69. The summed E-state index contributed by atoms with van der Waals surface area (Å²) in [6.45, 7) is 4.98. The standard InChI is InChI=1S/C12H19N5O3/c1-3-12(4-2,10(18)19)14-11(20)16-5-6-17-8-13-15-9(17)7-16/h8H,3-7H2,1-2H3,(H,14,20)(H,18,19). The van der Waals surface area contributed by atoms with Crippen LogP contribution in [0.5, 0.6) is 0 Å². The molecule has 1 aromatic heterocycles. The highest BCUT2D eigenvalue weighted by molar-refractivity contribution is 5.86. The summed E-state index contributed by atoms with van der Waals surface area (Å²) >= 11 is 0.